The first-order chi connectivity index (χ1) is 9.09. The summed E-state index contributed by atoms with van der Waals surface area (Å²) >= 11 is 0. The van der Waals surface area contributed by atoms with Crippen LogP contribution in [0.3, 0.4) is 0 Å². The number of hydrogen-bond donors (Lipinski definition) is 1. The summed E-state index contributed by atoms with van der Waals surface area (Å²) in [4.78, 5) is 5.03. The molecule has 0 amide bonds. The molecule has 3 atom stereocenters. The van der Waals surface area contributed by atoms with Crippen molar-refractivity contribution in [2.75, 3.05) is 33.2 Å². The third-order valence-electron chi connectivity index (χ3n) is 5.21. The molecule has 1 saturated heterocycles. The fourth-order valence-electron chi connectivity index (χ4n) is 3.64. The molecular formula is C15H28N4. The molecule has 2 aliphatic rings. The maximum Gasteiger partial charge on any atom is 0.107 e. The van der Waals surface area contributed by atoms with Crippen molar-refractivity contribution in [2.24, 2.45) is 11.7 Å². The van der Waals surface area contributed by atoms with E-state index >= 15 is 0 Å². The monoisotopic (exact) mass is 264 g/mol. The van der Waals surface area contributed by atoms with E-state index in [1.54, 1.807) is 0 Å². The molecule has 1 saturated carbocycles. The molecule has 3 unspecified atom stereocenters. The van der Waals surface area contributed by atoms with Crippen molar-refractivity contribution in [3.63, 3.8) is 0 Å². The van der Waals surface area contributed by atoms with E-state index in [1.165, 1.54) is 13.0 Å². The van der Waals surface area contributed by atoms with E-state index in [0.717, 1.165) is 45.3 Å². The summed E-state index contributed by atoms with van der Waals surface area (Å²) in [6.45, 7) is 6.86. The quantitative estimate of drug-likeness (QED) is 0.834. The molecule has 0 radical (unpaired) electrons. The average molecular weight is 264 g/mol. The van der Waals surface area contributed by atoms with Crippen molar-refractivity contribution in [2.45, 2.75) is 50.6 Å². The minimum atomic E-state index is -0.545. The molecule has 1 heterocycles. The number of nitrogens with zero attached hydrogens (tertiary/aromatic N) is 3. The van der Waals surface area contributed by atoms with Gasteiger partial charge in [0.05, 0.1) is 6.07 Å². The highest BCUT2D eigenvalue weighted by atomic mass is 15.3. The normalized spacial score (nSPS) is 37.4. The lowest BCUT2D eigenvalue weighted by molar-refractivity contribution is 0.0874. The van der Waals surface area contributed by atoms with Crippen LogP contribution in [0.25, 0.3) is 0 Å². The molecule has 1 aliphatic heterocycles. The largest absolute Gasteiger partial charge is 0.313 e. The fourth-order valence-corrected chi connectivity index (χ4v) is 3.64. The predicted molar refractivity (Wildman–Crippen MR) is 77.6 cm³/mol. The Morgan fingerprint density at radius 1 is 1.42 bits per heavy atom. The van der Waals surface area contributed by atoms with Crippen LogP contribution in [0.1, 0.15) is 39.0 Å². The fraction of sp³-hybridized carbons (Fsp3) is 0.933. The van der Waals surface area contributed by atoms with Gasteiger partial charge in [-0.2, -0.15) is 5.26 Å². The van der Waals surface area contributed by atoms with Gasteiger partial charge in [-0.05, 0) is 45.2 Å². The number of nitriles is 1. The Hall–Kier alpha value is -0.630. The lowest BCUT2D eigenvalue weighted by atomic mass is 9.87. The zero-order valence-electron chi connectivity index (χ0n) is 12.4. The lowest BCUT2D eigenvalue weighted by Gasteiger charge is -2.39. The van der Waals surface area contributed by atoms with Gasteiger partial charge in [0.15, 0.2) is 0 Å². The van der Waals surface area contributed by atoms with Crippen LogP contribution in [0.4, 0.5) is 0 Å². The van der Waals surface area contributed by atoms with E-state index in [9.17, 15) is 5.26 Å². The van der Waals surface area contributed by atoms with Crippen LogP contribution in [0.15, 0.2) is 0 Å². The topological polar surface area (TPSA) is 56.3 Å². The number of hydrogen-bond acceptors (Lipinski definition) is 4. The molecule has 19 heavy (non-hydrogen) atoms. The first-order valence-corrected chi connectivity index (χ1v) is 7.71. The number of likely N-dealkylation sites (N-methyl/N-ethyl adjacent to an activating group) is 1. The van der Waals surface area contributed by atoms with Gasteiger partial charge in [-0.3, -0.25) is 0 Å². The zero-order valence-corrected chi connectivity index (χ0v) is 12.4. The molecule has 2 N–H and O–H groups in total. The predicted octanol–water partition coefficient (Wildman–Crippen LogP) is 1.42. The molecule has 0 aromatic heterocycles. The average Bonchev–Trinajstić information content (AvgIpc) is 2.80. The minimum Gasteiger partial charge on any atom is -0.313 e. The molecule has 0 aromatic carbocycles. The zero-order chi connectivity index (χ0) is 13.9. The summed E-state index contributed by atoms with van der Waals surface area (Å²) in [5.41, 5.74) is 5.66. The van der Waals surface area contributed by atoms with Crippen molar-refractivity contribution in [3.05, 3.63) is 0 Å². The van der Waals surface area contributed by atoms with Crippen molar-refractivity contribution < 1.29 is 0 Å². The van der Waals surface area contributed by atoms with Gasteiger partial charge >= 0.3 is 0 Å². The second-order valence-electron chi connectivity index (χ2n) is 6.37. The standard InChI is InChI=1S/C15H28N4/c1-3-14-11-19(10-9-18(14)2)8-6-13-5-4-7-15(13,17)12-16/h13-14H,3-11,17H2,1-2H3. The molecular weight excluding hydrogens is 236 g/mol. The highest BCUT2D eigenvalue weighted by molar-refractivity contribution is 5.12. The van der Waals surface area contributed by atoms with Gasteiger partial charge in [-0.1, -0.05) is 13.3 Å². The number of rotatable bonds is 4. The van der Waals surface area contributed by atoms with Gasteiger partial charge in [-0.25, -0.2) is 0 Å². The van der Waals surface area contributed by atoms with Gasteiger partial charge in [-0.15, -0.1) is 0 Å². The van der Waals surface area contributed by atoms with Gasteiger partial charge < -0.3 is 15.5 Å². The van der Waals surface area contributed by atoms with Gasteiger partial charge in [0.2, 0.25) is 0 Å². The third-order valence-corrected chi connectivity index (χ3v) is 5.21. The highest BCUT2D eigenvalue weighted by Gasteiger charge is 2.39. The maximum absolute atomic E-state index is 9.25. The Bertz CT molecular complexity index is 338. The smallest absolute Gasteiger partial charge is 0.107 e. The van der Waals surface area contributed by atoms with Crippen molar-refractivity contribution >= 4 is 0 Å². The van der Waals surface area contributed by atoms with Crippen LogP contribution in [-0.4, -0.2) is 54.6 Å². The van der Waals surface area contributed by atoms with E-state index in [4.69, 9.17) is 5.73 Å². The van der Waals surface area contributed by atoms with E-state index in [-0.39, 0.29) is 0 Å². The molecule has 0 spiro atoms. The van der Waals surface area contributed by atoms with Crippen LogP contribution in [0, 0.1) is 17.2 Å². The Morgan fingerprint density at radius 3 is 2.89 bits per heavy atom. The van der Waals surface area contributed by atoms with Gasteiger partial charge in [0.25, 0.3) is 0 Å². The molecule has 4 nitrogen and oxygen atoms in total. The summed E-state index contributed by atoms with van der Waals surface area (Å²) in [6, 6.07) is 3.05. The molecule has 108 valence electrons. The summed E-state index contributed by atoms with van der Waals surface area (Å²) < 4.78 is 0. The summed E-state index contributed by atoms with van der Waals surface area (Å²) in [5.74, 6) is 0.400. The lowest BCUT2D eigenvalue weighted by Crippen LogP contribution is -2.52. The molecule has 2 fully saturated rings. The first-order valence-electron chi connectivity index (χ1n) is 7.71. The number of nitrogens with two attached hydrogens (primary N) is 1. The van der Waals surface area contributed by atoms with E-state index in [2.05, 4.69) is 29.8 Å². The van der Waals surface area contributed by atoms with Crippen LogP contribution >= 0.6 is 0 Å². The van der Waals surface area contributed by atoms with Crippen molar-refractivity contribution in [3.8, 4) is 6.07 Å². The Morgan fingerprint density at radius 2 is 2.21 bits per heavy atom. The highest BCUT2D eigenvalue weighted by Crippen LogP contribution is 2.35. The Kier molecular flexibility index (Phi) is 4.83. The Balaban J connectivity index is 1.81. The second kappa shape index (κ2) is 6.21. The van der Waals surface area contributed by atoms with Crippen molar-refractivity contribution in [1.82, 2.24) is 9.80 Å². The summed E-state index contributed by atoms with van der Waals surface area (Å²) in [5, 5.41) is 9.25. The molecule has 1 aliphatic carbocycles. The Labute approximate surface area is 117 Å². The van der Waals surface area contributed by atoms with E-state index < -0.39 is 5.54 Å². The van der Waals surface area contributed by atoms with Gasteiger partial charge in [0, 0.05) is 25.7 Å². The molecule has 0 aromatic rings. The SMILES string of the molecule is CCC1CN(CCC2CCCC2(N)C#N)CCN1C. The van der Waals surface area contributed by atoms with Crippen LogP contribution in [0.5, 0.6) is 0 Å². The van der Waals surface area contributed by atoms with Gasteiger partial charge in [0.1, 0.15) is 5.54 Å². The third kappa shape index (κ3) is 3.28. The molecule has 4 heteroatoms. The maximum atomic E-state index is 9.25. The van der Waals surface area contributed by atoms with Crippen LogP contribution in [0.2, 0.25) is 0 Å². The van der Waals surface area contributed by atoms with Crippen molar-refractivity contribution in [1.29, 1.82) is 5.26 Å². The molecule has 0 bridgehead atoms. The van der Waals surface area contributed by atoms with Crippen LogP contribution < -0.4 is 5.73 Å². The minimum absolute atomic E-state index is 0.400. The second-order valence-corrected chi connectivity index (χ2v) is 6.37. The molecule has 2 rings (SSSR count). The first kappa shape index (κ1) is 14.8. The number of piperazine rings is 1. The van der Waals surface area contributed by atoms with Crippen LogP contribution in [-0.2, 0) is 0 Å². The van der Waals surface area contributed by atoms with E-state index in [1.807, 2.05) is 0 Å². The summed E-state index contributed by atoms with van der Waals surface area (Å²) in [6.07, 6.45) is 5.44. The van der Waals surface area contributed by atoms with E-state index in [0.29, 0.717) is 12.0 Å². The summed E-state index contributed by atoms with van der Waals surface area (Å²) in [7, 11) is 2.23.